The van der Waals surface area contributed by atoms with Crippen LogP contribution in [0.5, 0.6) is 0 Å². The first-order valence-corrected chi connectivity index (χ1v) is 12.0. The number of ether oxygens (including phenoxy) is 5. The first-order chi connectivity index (χ1) is 17.6. The predicted octanol–water partition coefficient (Wildman–Crippen LogP) is 5.00. The van der Waals surface area contributed by atoms with Crippen molar-refractivity contribution in [1.82, 2.24) is 0 Å². The molecule has 1 heterocycles. The van der Waals surface area contributed by atoms with Crippen LogP contribution in [0, 0.1) is 0 Å². The van der Waals surface area contributed by atoms with Crippen LogP contribution in [-0.2, 0) is 48.3 Å². The molecule has 1 unspecified atom stereocenters. The second-order valence-corrected chi connectivity index (χ2v) is 8.62. The van der Waals surface area contributed by atoms with Gasteiger partial charge in [0, 0.05) is 6.92 Å². The van der Waals surface area contributed by atoms with E-state index in [4.69, 9.17) is 23.7 Å². The third-order valence-electron chi connectivity index (χ3n) is 5.82. The monoisotopic (exact) mass is 494 g/mol. The maximum atomic E-state index is 15.7. The minimum absolute atomic E-state index is 0.101. The first kappa shape index (κ1) is 26.0. The van der Waals surface area contributed by atoms with Gasteiger partial charge in [-0.2, -0.15) is 0 Å². The molecule has 3 aromatic rings. The van der Waals surface area contributed by atoms with Gasteiger partial charge in [-0.3, -0.25) is 4.79 Å². The van der Waals surface area contributed by atoms with Gasteiger partial charge < -0.3 is 23.7 Å². The van der Waals surface area contributed by atoms with Gasteiger partial charge in [-0.05, 0) is 16.7 Å². The number of esters is 1. The fourth-order valence-corrected chi connectivity index (χ4v) is 4.05. The molecule has 6 nitrogen and oxygen atoms in total. The summed E-state index contributed by atoms with van der Waals surface area (Å²) < 4.78 is 44.9. The number of hydrogen-bond acceptors (Lipinski definition) is 6. The minimum Gasteiger partial charge on any atom is -0.433 e. The average Bonchev–Trinajstić information content (AvgIpc) is 2.90. The SMILES string of the molecule is CC(=O)OC1O[C@H](COCc2ccccc2)[C@H](OCc2ccccc2)[C@H](OCc2ccccc2)[C@H]1F. The van der Waals surface area contributed by atoms with E-state index in [0.717, 1.165) is 16.7 Å². The second-order valence-electron chi connectivity index (χ2n) is 8.62. The zero-order chi connectivity index (χ0) is 25.2. The van der Waals surface area contributed by atoms with Crippen molar-refractivity contribution in [1.29, 1.82) is 0 Å². The van der Waals surface area contributed by atoms with Crippen molar-refractivity contribution in [2.45, 2.75) is 57.5 Å². The van der Waals surface area contributed by atoms with Crippen molar-refractivity contribution in [2.75, 3.05) is 6.61 Å². The van der Waals surface area contributed by atoms with Gasteiger partial charge in [0.25, 0.3) is 0 Å². The highest BCUT2D eigenvalue weighted by Crippen LogP contribution is 2.31. The van der Waals surface area contributed by atoms with Crippen molar-refractivity contribution in [3.63, 3.8) is 0 Å². The van der Waals surface area contributed by atoms with Crippen LogP contribution in [0.15, 0.2) is 91.0 Å². The predicted molar refractivity (Wildman–Crippen MR) is 131 cm³/mol. The fraction of sp³-hybridized carbons (Fsp3) is 0.345. The number of carbonyl (C=O) groups is 1. The third kappa shape index (κ3) is 7.45. The van der Waals surface area contributed by atoms with E-state index in [1.165, 1.54) is 6.92 Å². The summed E-state index contributed by atoms with van der Waals surface area (Å²) in [4.78, 5) is 11.7. The van der Waals surface area contributed by atoms with Crippen LogP contribution in [0.1, 0.15) is 23.6 Å². The van der Waals surface area contributed by atoms with Crippen molar-refractivity contribution in [3.05, 3.63) is 108 Å². The zero-order valence-corrected chi connectivity index (χ0v) is 20.2. The van der Waals surface area contributed by atoms with E-state index in [-0.39, 0.29) is 19.8 Å². The van der Waals surface area contributed by atoms with Crippen LogP contribution in [-0.4, -0.2) is 43.3 Å². The lowest BCUT2D eigenvalue weighted by Gasteiger charge is -2.42. The average molecular weight is 495 g/mol. The summed E-state index contributed by atoms with van der Waals surface area (Å²) >= 11 is 0. The quantitative estimate of drug-likeness (QED) is 0.350. The molecule has 0 bridgehead atoms. The van der Waals surface area contributed by atoms with Gasteiger partial charge in [-0.25, -0.2) is 4.39 Å². The lowest BCUT2D eigenvalue weighted by atomic mass is 9.99. The zero-order valence-electron chi connectivity index (χ0n) is 20.2. The number of carbonyl (C=O) groups excluding carboxylic acids is 1. The van der Waals surface area contributed by atoms with E-state index in [9.17, 15) is 4.79 Å². The Morgan fingerprint density at radius 2 is 1.22 bits per heavy atom. The molecule has 1 aliphatic rings. The molecule has 0 saturated carbocycles. The van der Waals surface area contributed by atoms with Crippen LogP contribution in [0.2, 0.25) is 0 Å². The smallest absolute Gasteiger partial charge is 0.305 e. The molecule has 1 saturated heterocycles. The Hall–Kier alpha value is -3.10. The topological polar surface area (TPSA) is 63.2 Å². The molecule has 36 heavy (non-hydrogen) atoms. The number of alkyl halides is 1. The van der Waals surface area contributed by atoms with E-state index in [1.807, 2.05) is 91.0 Å². The van der Waals surface area contributed by atoms with Gasteiger partial charge in [0.15, 0.2) is 6.17 Å². The molecule has 3 aromatic carbocycles. The molecule has 7 heteroatoms. The standard InChI is InChI=1S/C29H31FO6/c1-21(31)35-29-26(30)28(34-19-24-15-9-4-10-16-24)27(33-18-23-13-7-3-8-14-23)25(36-29)20-32-17-22-11-5-2-6-12-22/h2-16,25-29H,17-20H2,1H3/t25-,26-,27+,28-,29?/m1/s1. The minimum atomic E-state index is -1.75. The molecular weight excluding hydrogens is 463 g/mol. The van der Waals surface area contributed by atoms with E-state index in [0.29, 0.717) is 6.61 Å². The van der Waals surface area contributed by atoms with Crippen LogP contribution < -0.4 is 0 Å². The van der Waals surface area contributed by atoms with Crippen LogP contribution in [0.25, 0.3) is 0 Å². The number of halogens is 1. The molecule has 0 N–H and O–H groups in total. The molecule has 0 radical (unpaired) electrons. The lowest BCUT2D eigenvalue weighted by molar-refractivity contribution is -0.297. The van der Waals surface area contributed by atoms with Crippen molar-refractivity contribution in [3.8, 4) is 0 Å². The Labute approximate surface area is 210 Å². The summed E-state index contributed by atoms with van der Waals surface area (Å²) in [6.45, 7) is 2.07. The van der Waals surface area contributed by atoms with E-state index in [1.54, 1.807) is 0 Å². The van der Waals surface area contributed by atoms with Crippen molar-refractivity contribution >= 4 is 5.97 Å². The van der Waals surface area contributed by atoms with Crippen LogP contribution in [0.4, 0.5) is 4.39 Å². The van der Waals surface area contributed by atoms with Crippen LogP contribution in [0.3, 0.4) is 0 Å². The van der Waals surface area contributed by atoms with Crippen molar-refractivity contribution < 1.29 is 32.9 Å². The summed E-state index contributed by atoms with van der Waals surface area (Å²) in [5, 5.41) is 0. The van der Waals surface area contributed by atoms with Crippen molar-refractivity contribution in [2.24, 2.45) is 0 Å². The Bertz CT molecular complexity index is 1050. The molecule has 5 atom stereocenters. The van der Waals surface area contributed by atoms with E-state index in [2.05, 4.69) is 0 Å². The van der Waals surface area contributed by atoms with Gasteiger partial charge in [-0.1, -0.05) is 91.0 Å². The maximum Gasteiger partial charge on any atom is 0.305 e. The molecule has 1 aliphatic heterocycles. The molecule has 0 amide bonds. The highest BCUT2D eigenvalue weighted by Gasteiger charge is 2.49. The van der Waals surface area contributed by atoms with Gasteiger partial charge in [0.1, 0.15) is 18.3 Å². The highest BCUT2D eigenvalue weighted by atomic mass is 19.1. The highest BCUT2D eigenvalue weighted by molar-refractivity contribution is 5.66. The van der Waals surface area contributed by atoms with E-state index >= 15 is 4.39 Å². The largest absolute Gasteiger partial charge is 0.433 e. The molecule has 190 valence electrons. The van der Waals surface area contributed by atoms with Gasteiger partial charge in [0.05, 0.1) is 26.4 Å². The normalized spacial score (nSPS) is 23.8. The number of rotatable bonds is 11. The Kier molecular flexibility index (Phi) is 9.58. The molecular formula is C29H31FO6. The fourth-order valence-electron chi connectivity index (χ4n) is 4.05. The van der Waals surface area contributed by atoms with Gasteiger partial charge in [0.2, 0.25) is 6.29 Å². The lowest BCUT2D eigenvalue weighted by Crippen LogP contribution is -2.59. The molecule has 0 spiro atoms. The molecule has 0 aromatic heterocycles. The summed E-state index contributed by atoms with van der Waals surface area (Å²) in [7, 11) is 0. The van der Waals surface area contributed by atoms with Gasteiger partial charge in [-0.15, -0.1) is 0 Å². The molecule has 0 aliphatic carbocycles. The Morgan fingerprint density at radius 3 is 1.72 bits per heavy atom. The van der Waals surface area contributed by atoms with Crippen LogP contribution >= 0.6 is 0 Å². The maximum absolute atomic E-state index is 15.7. The number of hydrogen-bond donors (Lipinski definition) is 0. The Morgan fingerprint density at radius 1 is 0.750 bits per heavy atom. The second kappa shape index (κ2) is 13.3. The third-order valence-corrected chi connectivity index (χ3v) is 5.82. The molecule has 1 fully saturated rings. The van der Waals surface area contributed by atoms with E-state index < -0.39 is 36.7 Å². The summed E-state index contributed by atoms with van der Waals surface area (Å²) in [5.74, 6) is -0.642. The Balaban J connectivity index is 1.52. The summed E-state index contributed by atoms with van der Waals surface area (Å²) in [5.41, 5.74) is 2.81. The number of benzene rings is 3. The van der Waals surface area contributed by atoms with Gasteiger partial charge >= 0.3 is 5.97 Å². The summed E-state index contributed by atoms with van der Waals surface area (Å²) in [6, 6.07) is 28.8. The summed E-state index contributed by atoms with van der Waals surface area (Å²) in [6.07, 6.45) is -5.74. The first-order valence-electron chi connectivity index (χ1n) is 12.0. The molecule has 4 rings (SSSR count).